The Morgan fingerprint density at radius 2 is 1.82 bits per heavy atom. The minimum atomic E-state index is -2.95. The fourth-order valence-corrected chi connectivity index (χ4v) is 9.01. The van der Waals surface area contributed by atoms with Crippen LogP contribution in [0.4, 0.5) is 15.5 Å². The lowest BCUT2D eigenvalue weighted by Gasteiger charge is -2.29. The topological polar surface area (TPSA) is 80.5 Å². The van der Waals surface area contributed by atoms with Crippen LogP contribution in [0.3, 0.4) is 0 Å². The number of halogens is 1. The van der Waals surface area contributed by atoms with E-state index in [4.69, 9.17) is 9.84 Å². The van der Waals surface area contributed by atoms with Gasteiger partial charge in [-0.3, -0.25) is 14.4 Å². The summed E-state index contributed by atoms with van der Waals surface area (Å²) in [6.07, 6.45) is 5.84. The molecule has 9 heteroatoms. The molecule has 1 saturated heterocycles. The third-order valence-corrected chi connectivity index (χ3v) is 10.8. The molecule has 2 aromatic carbocycles. The molecule has 3 heterocycles. The van der Waals surface area contributed by atoms with Crippen molar-refractivity contribution in [1.82, 2.24) is 15.0 Å². The SMILES string of the molecule is C[C@@H]1[C@@H]([Si](C)(C)F)[C@H](CCn2cc(CCO)nn2)O[C@@H]1CCc1ccc(N2C(=O)CCc3ccccc32)cc1. The summed E-state index contributed by atoms with van der Waals surface area (Å²) in [5.74, 6) is 0.268. The van der Waals surface area contributed by atoms with Gasteiger partial charge in [-0.05, 0) is 74.0 Å². The van der Waals surface area contributed by atoms with Gasteiger partial charge in [-0.2, -0.15) is 0 Å². The molecule has 2 aliphatic rings. The maximum atomic E-state index is 15.5. The molecule has 0 aliphatic carbocycles. The molecular weight excluding hydrogens is 511 g/mol. The van der Waals surface area contributed by atoms with Crippen molar-refractivity contribution in [1.29, 1.82) is 0 Å². The number of anilines is 2. The maximum absolute atomic E-state index is 15.5. The number of benzene rings is 2. The molecule has 0 bridgehead atoms. The highest BCUT2D eigenvalue weighted by molar-refractivity contribution is 6.72. The van der Waals surface area contributed by atoms with Gasteiger partial charge < -0.3 is 14.0 Å². The third-order valence-electron chi connectivity index (χ3n) is 8.29. The number of rotatable bonds is 10. The minimum Gasteiger partial charge on any atom is -0.396 e. The zero-order chi connectivity index (χ0) is 27.6. The van der Waals surface area contributed by atoms with Crippen LogP contribution in [0.2, 0.25) is 18.6 Å². The number of fused-ring (bicyclic) bond motifs is 1. The lowest BCUT2D eigenvalue weighted by atomic mass is 9.95. The van der Waals surface area contributed by atoms with Gasteiger partial charge in [0, 0.05) is 43.4 Å². The van der Waals surface area contributed by atoms with E-state index in [0.29, 0.717) is 25.8 Å². The van der Waals surface area contributed by atoms with Gasteiger partial charge in [0.2, 0.25) is 14.3 Å². The summed E-state index contributed by atoms with van der Waals surface area (Å²) < 4.78 is 23.8. The van der Waals surface area contributed by atoms with Crippen molar-refractivity contribution in [3.05, 3.63) is 71.5 Å². The van der Waals surface area contributed by atoms with E-state index in [1.807, 2.05) is 41.4 Å². The Hall–Kier alpha value is -2.88. The second-order valence-corrected chi connectivity index (χ2v) is 15.3. The zero-order valence-corrected chi connectivity index (χ0v) is 24.1. The molecule has 0 saturated carbocycles. The predicted octanol–water partition coefficient (Wildman–Crippen LogP) is 5.40. The number of hydrogen-bond acceptors (Lipinski definition) is 5. The minimum absolute atomic E-state index is 0.00144. The molecule has 208 valence electrons. The van der Waals surface area contributed by atoms with Crippen LogP contribution >= 0.6 is 0 Å². The molecule has 1 N–H and O–H groups in total. The Kier molecular flexibility index (Phi) is 8.30. The summed E-state index contributed by atoms with van der Waals surface area (Å²) in [5, 5.41) is 17.4. The summed E-state index contributed by atoms with van der Waals surface area (Å²) in [5.41, 5.74) is 4.93. The van der Waals surface area contributed by atoms with Crippen molar-refractivity contribution in [3.63, 3.8) is 0 Å². The zero-order valence-electron chi connectivity index (χ0n) is 23.1. The van der Waals surface area contributed by atoms with E-state index < -0.39 is 8.41 Å². The van der Waals surface area contributed by atoms with Gasteiger partial charge in [0.25, 0.3) is 0 Å². The molecule has 0 unspecified atom stereocenters. The Morgan fingerprint density at radius 3 is 2.56 bits per heavy atom. The van der Waals surface area contributed by atoms with Crippen LogP contribution in [0.5, 0.6) is 0 Å². The number of aliphatic hydroxyl groups excluding tert-OH is 1. The second kappa shape index (κ2) is 11.7. The second-order valence-electron chi connectivity index (χ2n) is 11.5. The van der Waals surface area contributed by atoms with Crippen LogP contribution in [0.1, 0.15) is 43.0 Å². The van der Waals surface area contributed by atoms with Crippen molar-refractivity contribution in [2.45, 2.75) is 82.8 Å². The first kappa shape index (κ1) is 27.7. The van der Waals surface area contributed by atoms with Crippen LogP contribution in [0.25, 0.3) is 0 Å². The average Bonchev–Trinajstić information content (AvgIpc) is 3.50. The summed E-state index contributed by atoms with van der Waals surface area (Å²) >= 11 is 0. The van der Waals surface area contributed by atoms with E-state index in [9.17, 15) is 4.79 Å². The van der Waals surface area contributed by atoms with Crippen LogP contribution < -0.4 is 4.90 Å². The molecular formula is C30H39FN4O3Si. The van der Waals surface area contributed by atoms with Crippen LogP contribution in [0, 0.1) is 5.92 Å². The number of hydrogen-bond donors (Lipinski definition) is 1. The fraction of sp³-hybridized carbons (Fsp3) is 0.500. The molecule has 39 heavy (non-hydrogen) atoms. The van der Waals surface area contributed by atoms with E-state index in [0.717, 1.165) is 36.3 Å². The highest BCUT2D eigenvalue weighted by Gasteiger charge is 2.50. The molecule has 0 radical (unpaired) electrons. The number of aliphatic hydroxyl groups is 1. The number of carbonyl (C=O) groups excluding carboxylic acids is 1. The van der Waals surface area contributed by atoms with E-state index >= 15 is 4.11 Å². The predicted molar refractivity (Wildman–Crippen MR) is 152 cm³/mol. The smallest absolute Gasteiger partial charge is 0.246 e. The van der Waals surface area contributed by atoms with Gasteiger partial charge in [-0.1, -0.05) is 42.5 Å². The van der Waals surface area contributed by atoms with Gasteiger partial charge >= 0.3 is 0 Å². The fourth-order valence-electron chi connectivity index (χ4n) is 6.42. The number of ether oxygens (including phenoxy) is 1. The standard InChI is InChI=1S/C30H39FN4O3Si/c1-21-27(38-28(30(21)39(2,3)31)16-18-34-20-24(17-19-36)32-33-34)14-10-22-8-12-25(13-9-22)35-26-7-5-4-6-23(26)11-15-29(35)37/h4-9,12-13,20-21,27-28,30,36H,10-11,14-19H2,1-3H3/t21-,27+,28-,30+/m0/s1. The Morgan fingerprint density at radius 1 is 1.05 bits per heavy atom. The number of carbonyl (C=O) groups is 1. The number of para-hydroxylation sites is 1. The van der Waals surface area contributed by atoms with Gasteiger partial charge in [-0.15, -0.1) is 5.10 Å². The lowest BCUT2D eigenvalue weighted by molar-refractivity contribution is -0.118. The largest absolute Gasteiger partial charge is 0.396 e. The molecule has 2 aliphatic heterocycles. The van der Waals surface area contributed by atoms with Crippen LogP contribution in [-0.4, -0.2) is 53.2 Å². The van der Waals surface area contributed by atoms with Crippen molar-refractivity contribution < 1.29 is 18.7 Å². The quantitative estimate of drug-likeness (QED) is 0.270. The van der Waals surface area contributed by atoms with Crippen molar-refractivity contribution in [2.24, 2.45) is 5.92 Å². The van der Waals surface area contributed by atoms with Crippen LogP contribution in [-0.2, 0) is 35.3 Å². The number of aromatic nitrogens is 3. The van der Waals surface area contributed by atoms with E-state index in [2.05, 4.69) is 35.4 Å². The summed E-state index contributed by atoms with van der Waals surface area (Å²) in [6.45, 7) is 6.38. The van der Waals surface area contributed by atoms with Gasteiger partial charge in [-0.25, -0.2) is 0 Å². The number of aryl methyl sites for hydroxylation is 3. The highest BCUT2D eigenvalue weighted by atomic mass is 28.4. The lowest BCUT2D eigenvalue weighted by Crippen LogP contribution is -2.36. The summed E-state index contributed by atoms with van der Waals surface area (Å²) in [7, 11) is -2.95. The Labute approximate surface area is 231 Å². The third kappa shape index (κ3) is 6.15. The highest BCUT2D eigenvalue weighted by Crippen LogP contribution is 2.47. The van der Waals surface area contributed by atoms with E-state index in [1.165, 1.54) is 11.1 Å². The van der Waals surface area contributed by atoms with Gasteiger partial charge in [0.05, 0.1) is 23.6 Å². The van der Waals surface area contributed by atoms with Crippen LogP contribution in [0.15, 0.2) is 54.7 Å². The molecule has 7 nitrogen and oxygen atoms in total. The molecule has 5 rings (SSSR count). The molecule has 1 aromatic heterocycles. The van der Waals surface area contributed by atoms with Gasteiger partial charge in [0.1, 0.15) is 0 Å². The van der Waals surface area contributed by atoms with Gasteiger partial charge in [0.15, 0.2) is 0 Å². The molecule has 1 amide bonds. The first-order valence-corrected chi connectivity index (χ1v) is 17.0. The van der Waals surface area contributed by atoms with Crippen molar-refractivity contribution >= 4 is 25.7 Å². The number of amides is 1. The molecule has 3 aromatic rings. The first-order valence-electron chi connectivity index (χ1n) is 14.1. The normalized spacial score (nSPS) is 23.3. The summed E-state index contributed by atoms with van der Waals surface area (Å²) in [4.78, 5) is 14.6. The molecule has 0 spiro atoms. The number of nitrogens with zero attached hydrogens (tertiary/aromatic N) is 4. The first-order chi connectivity index (χ1) is 18.7. The molecule has 4 atom stereocenters. The Balaban J connectivity index is 1.22. The van der Waals surface area contributed by atoms with E-state index in [1.54, 1.807) is 17.8 Å². The van der Waals surface area contributed by atoms with Crippen molar-refractivity contribution in [2.75, 3.05) is 11.5 Å². The Bertz CT molecular complexity index is 1280. The monoisotopic (exact) mass is 550 g/mol. The van der Waals surface area contributed by atoms with Crippen molar-refractivity contribution in [3.8, 4) is 0 Å². The maximum Gasteiger partial charge on any atom is 0.246 e. The average molecular weight is 551 g/mol. The molecule has 1 fully saturated rings. The van der Waals surface area contributed by atoms with E-state index in [-0.39, 0.29) is 36.2 Å². The summed E-state index contributed by atoms with van der Waals surface area (Å²) in [6, 6.07) is 16.3.